The molecular weight excluding hydrogens is 511 g/mol. The monoisotopic (exact) mass is 522 g/mol. The van der Waals surface area contributed by atoms with Crippen molar-refractivity contribution < 1.29 is 0 Å². The number of fused-ring (bicyclic) bond motifs is 2. The maximum atomic E-state index is 6.55. The first-order valence-electron chi connectivity index (χ1n) is 8.75. The minimum atomic E-state index is 0.778. The molecule has 5 heteroatoms. The molecule has 0 unspecified atom stereocenters. The Labute approximate surface area is 189 Å². The fourth-order valence-electron chi connectivity index (χ4n) is 3.63. The van der Waals surface area contributed by atoms with Gasteiger partial charge >= 0.3 is 0 Å². The first-order chi connectivity index (χ1) is 13.5. The van der Waals surface area contributed by atoms with Gasteiger partial charge < -0.3 is 0 Å². The van der Waals surface area contributed by atoms with Crippen LogP contribution in [0.2, 0.25) is 0 Å². The summed E-state index contributed by atoms with van der Waals surface area (Å²) < 4.78 is 4.66. The van der Waals surface area contributed by atoms with E-state index in [2.05, 4.69) is 98.1 Å². The highest BCUT2D eigenvalue weighted by atomic mass is 79.9. The molecule has 0 bridgehead atoms. The number of rotatable bonds is 2. The highest BCUT2D eigenvalue weighted by Gasteiger charge is 2.14. The Morgan fingerprint density at radius 1 is 0.679 bits per heavy atom. The third-order valence-corrected chi connectivity index (χ3v) is 8.13. The number of halogens is 2. The van der Waals surface area contributed by atoms with Gasteiger partial charge in [0, 0.05) is 18.3 Å². The molecule has 0 spiro atoms. The summed E-state index contributed by atoms with van der Waals surface area (Å²) >= 11 is 11.1. The fourth-order valence-corrected chi connectivity index (χ4v) is 6.38. The summed E-state index contributed by atoms with van der Waals surface area (Å²) in [4.78, 5) is 0. The molecule has 2 radical (unpaired) electrons. The van der Waals surface area contributed by atoms with Crippen LogP contribution in [0.4, 0.5) is 0 Å². The molecule has 0 N–H and O–H groups in total. The maximum absolute atomic E-state index is 6.55. The SMILES string of the molecule is [B]c1cc(-c2cc3sccc3cc2C)c(Br)cc1-c1cc2sccc2cc1Br. The molecule has 5 aromatic rings. The second-order valence-corrected chi connectivity index (χ2v) is 10.4. The third-order valence-electron chi connectivity index (χ3n) is 5.06. The summed E-state index contributed by atoms with van der Waals surface area (Å²) in [5, 5.41) is 6.79. The van der Waals surface area contributed by atoms with Crippen molar-refractivity contribution in [1.82, 2.24) is 0 Å². The lowest BCUT2D eigenvalue weighted by atomic mass is 9.84. The van der Waals surface area contributed by atoms with Gasteiger partial charge in [-0.2, -0.15) is 0 Å². The first-order valence-corrected chi connectivity index (χ1v) is 12.1. The van der Waals surface area contributed by atoms with Gasteiger partial charge in [-0.25, -0.2) is 0 Å². The molecule has 28 heavy (non-hydrogen) atoms. The number of hydrogen-bond acceptors (Lipinski definition) is 2. The van der Waals surface area contributed by atoms with Crippen LogP contribution in [0.25, 0.3) is 42.4 Å². The zero-order chi connectivity index (χ0) is 19.4. The molecule has 0 saturated heterocycles. The second-order valence-electron chi connectivity index (χ2n) is 6.84. The van der Waals surface area contributed by atoms with Crippen LogP contribution in [-0.2, 0) is 0 Å². The van der Waals surface area contributed by atoms with Crippen molar-refractivity contribution in [3.05, 3.63) is 73.8 Å². The molecule has 134 valence electrons. The van der Waals surface area contributed by atoms with Gasteiger partial charge in [0.15, 0.2) is 0 Å². The molecule has 0 amide bonds. The predicted octanol–water partition coefficient (Wildman–Crippen LogP) is 8.08. The lowest BCUT2D eigenvalue weighted by molar-refractivity contribution is 1.48. The molecule has 5 rings (SSSR count). The van der Waals surface area contributed by atoms with E-state index >= 15 is 0 Å². The van der Waals surface area contributed by atoms with Crippen molar-refractivity contribution in [3.8, 4) is 22.3 Å². The maximum Gasteiger partial charge on any atom is 0.114 e. The lowest BCUT2D eigenvalue weighted by Crippen LogP contribution is -2.08. The molecule has 2 heterocycles. The predicted molar refractivity (Wildman–Crippen MR) is 134 cm³/mol. The van der Waals surface area contributed by atoms with Crippen LogP contribution in [0.3, 0.4) is 0 Å². The van der Waals surface area contributed by atoms with E-state index in [9.17, 15) is 0 Å². The van der Waals surface area contributed by atoms with Crippen molar-refractivity contribution in [1.29, 1.82) is 0 Å². The Kier molecular flexibility index (Phi) is 4.75. The van der Waals surface area contributed by atoms with Crippen molar-refractivity contribution in [2.24, 2.45) is 0 Å². The summed E-state index contributed by atoms with van der Waals surface area (Å²) in [5.41, 5.74) is 6.52. The summed E-state index contributed by atoms with van der Waals surface area (Å²) in [6.07, 6.45) is 0. The minimum Gasteiger partial charge on any atom is -0.144 e. The van der Waals surface area contributed by atoms with Gasteiger partial charge in [0.2, 0.25) is 0 Å². The van der Waals surface area contributed by atoms with Crippen LogP contribution in [0.15, 0.2) is 68.2 Å². The Bertz CT molecular complexity index is 1260. The highest BCUT2D eigenvalue weighted by molar-refractivity contribution is 9.11. The van der Waals surface area contributed by atoms with Gasteiger partial charge in [0.25, 0.3) is 0 Å². The van der Waals surface area contributed by atoms with Gasteiger partial charge in [0.1, 0.15) is 7.85 Å². The van der Waals surface area contributed by atoms with Gasteiger partial charge in [-0.1, -0.05) is 43.4 Å². The quantitative estimate of drug-likeness (QED) is 0.205. The van der Waals surface area contributed by atoms with Crippen LogP contribution in [0.5, 0.6) is 0 Å². The molecule has 2 aromatic heterocycles. The Balaban J connectivity index is 1.69. The van der Waals surface area contributed by atoms with Crippen LogP contribution < -0.4 is 5.46 Å². The molecule has 0 aliphatic heterocycles. The van der Waals surface area contributed by atoms with E-state index in [1.807, 2.05) is 0 Å². The zero-order valence-corrected chi connectivity index (χ0v) is 19.7. The smallest absolute Gasteiger partial charge is 0.114 e. The molecule has 0 aliphatic rings. The molecule has 3 aromatic carbocycles. The standard InChI is InChI=1S/C23H13BBr2S2/c1-12-6-13-2-4-27-22(13)10-15(12)17-8-19(24)16(9-21(17)26)18-11-23-14(3-5-28-23)7-20(18)25/h2-11H,1H3. The molecule has 0 fully saturated rings. The summed E-state index contributed by atoms with van der Waals surface area (Å²) in [5.74, 6) is 0. The molecule has 0 atom stereocenters. The van der Waals surface area contributed by atoms with Gasteiger partial charge in [-0.3, -0.25) is 0 Å². The van der Waals surface area contributed by atoms with E-state index in [4.69, 9.17) is 7.85 Å². The van der Waals surface area contributed by atoms with E-state index in [-0.39, 0.29) is 0 Å². The second kappa shape index (κ2) is 7.14. The average Bonchev–Trinajstić information content (AvgIpc) is 3.30. The number of hydrogen-bond donors (Lipinski definition) is 0. The highest BCUT2D eigenvalue weighted by Crippen LogP contribution is 2.39. The number of benzene rings is 3. The van der Waals surface area contributed by atoms with E-state index in [1.165, 1.54) is 31.3 Å². The summed E-state index contributed by atoms with van der Waals surface area (Å²) in [7, 11) is 6.55. The minimum absolute atomic E-state index is 0.778. The van der Waals surface area contributed by atoms with Crippen molar-refractivity contribution in [2.75, 3.05) is 0 Å². The van der Waals surface area contributed by atoms with E-state index < -0.39 is 0 Å². The fraction of sp³-hybridized carbons (Fsp3) is 0.0435. The Morgan fingerprint density at radius 2 is 1.25 bits per heavy atom. The van der Waals surface area contributed by atoms with Crippen molar-refractivity contribution in [2.45, 2.75) is 6.92 Å². The van der Waals surface area contributed by atoms with Crippen LogP contribution >= 0.6 is 54.5 Å². The average molecular weight is 524 g/mol. The summed E-state index contributed by atoms with van der Waals surface area (Å²) in [6.45, 7) is 2.16. The third kappa shape index (κ3) is 3.09. The molecular formula is C23H13BBr2S2. The normalized spacial score (nSPS) is 11.5. The lowest BCUT2D eigenvalue weighted by Gasteiger charge is -2.15. The topological polar surface area (TPSA) is 0 Å². The van der Waals surface area contributed by atoms with Crippen LogP contribution in [0, 0.1) is 6.92 Å². The van der Waals surface area contributed by atoms with Crippen molar-refractivity contribution in [3.63, 3.8) is 0 Å². The van der Waals surface area contributed by atoms with E-state index in [1.54, 1.807) is 22.7 Å². The molecule has 0 nitrogen and oxygen atoms in total. The molecule has 0 aliphatic carbocycles. The van der Waals surface area contributed by atoms with Gasteiger partial charge in [-0.05, 0) is 98.7 Å². The van der Waals surface area contributed by atoms with Gasteiger partial charge in [0.05, 0.1) is 0 Å². The molecule has 0 saturated carbocycles. The number of thiophene rings is 2. The Morgan fingerprint density at radius 3 is 1.96 bits per heavy atom. The van der Waals surface area contributed by atoms with Crippen LogP contribution in [-0.4, -0.2) is 7.85 Å². The largest absolute Gasteiger partial charge is 0.144 e. The Hall–Kier alpha value is -1.40. The van der Waals surface area contributed by atoms with E-state index in [0.717, 1.165) is 31.1 Å². The zero-order valence-electron chi connectivity index (χ0n) is 14.9. The van der Waals surface area contributed by atoms with Crippen molar-refractivity contribution >= 4 is 88.0 Å². The summed E-state index contributed by atoms with van der Waals surface area (Å²) in [6, 6.07) is 17.4. The number of aryl methyl sites for hydroxylation is 1. The van der Waals surface area contributed by atoms with Crippen LogP contribution in [0.1, 0.15) is 5.56 Å². The first kappa shape index (κ1) is 18.6. The van der Waals surface area contributed by atoms with Gasteiger partial charge in [-0.15, -0.1) is 22.7 Å². The van der Waals surface area contributed by atoms with E-state index in [0.29, 0.717) is 0 Å².